The van der Waals surface area contributed by atoms with Gasteiger partial charge in [0.1, 0.15) is 79.8 Å². The van der Waals surface area contributed by atoms with E-state index in [0.29, 0.717) is 35.5 Å². The van der Waals surface area contributed by atoms with Crippen molar-refractivity contribution < 1.29 is 94.6 Å². The molecule has 4 amide bonds. The molecule has 3 N–H and O–H groups in total. The number of H-pyrrole nitrogens is 1. The highest BCUT2D eigenvalue weighted by atomic mass is 31.2. The number of nitrogens with one attached hydrogen (secondary N) is 3. The Labute approximate surface area is 777 Å². The molecule has 4 aliphatic rings. The quantitative estimate of drug-likeness (QED) is 0.0105. The number of ketones is 2. The summed E-state index contributed by atoms with van der Waals surface area (Å²) in [7, 11) is 3.81. The van der Waals surface area contributed by atoms with E-state index in [9.17, 15) is 48.4 Å². The molecule has 6 heterocycles. The highest BCUT2D eigenvalue weighted by Gasteiger charge is 2.47. The molecular formula is C100H100N13O21P. The SMILES string of the molecule is COc1ccc(C(OC[C@H]2O[C@@H](n3cnc4c(NC(=O)c5ccc(CCC(=O)COC(=O)CCCN(C)C(=O)OCC6c7ccccc7-c7ccccc76)cc5)ncnc43)CC2OP(OCCC#N)OC[C@H]2O[C@@H](n3cnc4c(=O)[nH]c(NC(=O)CCCN(C)C(=O)OCC5c6ccccc6-c6ccccc65)nc43)CC2OC(=O)CCC(C)=O)(c2ccccc2)c2ccc(OC)cc2)cc1. The van der Waals surface area contributed by atoms with Crippen LogP contribution in [0.1, 0.15) is 150 Å². The van der Waals surface area contributed by atoms with E-state index in [2.05, 4.69) is 65.9 Å². The van der Waals surface area contributed by atoms with Gasteiger partial charge < -0.3 is 76.1 Å². The Bertz CT molecular complexity index is 6250. The van der Waals surface area contributed by atoms with E-state index in [1.54, 1.807) is 57.1 Å². The Hall–Kier alpha value is -14.3. The molecule has 2 aliphatic heterocycles. The van der Waals surface area contributed by atoms with Gasteiger partial charge in [0.25, 0.3) is 11.5 Å². The van der Waals surface area contributed by atoms with Crippen LogP contribution < -0.4 is 25.7 Å². The van der Waals surface area contributed by atoms with Gasteiger partial charge in [-0.05, 0) is 129 Å². The van der Waals surface area contributed by atoms with Crippen LogP contribution in [0, 0.1) is 11.3 Å². The van der Waals surface area contributed by atoms with E-state index < -0.39 is 99.2 Å². The lowest BCUT2D eigenvalue weighted by Gasteiger charge is -2.37. The number of carbonyl (C=O) groups excluding carboxylic acids is 8. The number of nitriles is 1. The minimum atomic E-state index is -2.54. The topological polar surface area (TPSA) is 409 Å². The molecule has 696 valence electrons. The number of benzene rings is 8. The van der Waals surface area contributed by atoms with Crippen LogP contribution in [0.25, 0.3) is 44.6 Å². The Morgan fingerprint density at radius 2 is 1.09 bits per heavy atom. The van der Waals surface area contributed by atoms with Gasteiger partial charge in [-0.25, -0.2) is 29.5 Å². The molecule has 2 saturated heterocycles. The largest absolute Gasteiger partial charge is 0.497 e. The van der Waals surface area contributed by atoms with Crippen LogP contribution in [0.2, 0.25) is 0 Å². The van der Waals surface area contributed by atoms with E-state index in [0.717, 1.165) is 55.6 Å². The average Bonchev–Trinajstić information content (AvgIpc) is 1.74. The number of imidazole rings is 2. The second kappa shape index (κ2) is 43.6. The van der Waals surface area contributed by atoms with Crippen molar-refractivity contribution in [3.63, 3.8) is 0 Å². The zero-order valence-corrected chi connectivity index (χ0v) is 75.7. The van der Waals surface area contributed by atoms with E-state index in [-0.39, 0.29) is 167 Å². The van der Waals surface area contributed by atoms with Crippen LogP contribution in [0.5, 0.6) is 11.5 Å². The zero-order valence-electron chi connectivity index (χ0n) is 74.8. The van der Waals surface area contributed by atoms with Gasteiger partial charge in [-0.1, -0.05) is 164 Å². The minimum absolute atomic E-state index is 0.00220. The summed E-state index contributed by atoms with van der Waals surface area (Å²) in [5.74, 6) is -2.09. The van der Waals surface area contributed by atoms with Crippen molar-refractivity contribution in [1.29, 1.82) is 5.26 Å². The molecule has 0 radical (unpaired) electrons. The maximum Gasteiger partial charge on any atom is 0.409 e. The number of nitrogens with zero attached hydrogens (tertiary/aromatic N) is 10. The van der Waals surface area contributed by atoms with Crippen molar-refractivity contribution in [3.8, 4) is 39.8 Å². The number of hydrogen-bond acceptors (Lipinski definition) is 27. The first-order valence-electron chi connectivity index (χ1n) is 44.4. The van der Waals surface area contributed by atoms with Gasteiger partial charge in [-0.3, -0.25) is 48.2 Å². The average molecular weight is 1850 g/mol. The number of aromatic nitrogens is 8. The number of ether oxygens (including phenoxy) is 9. The van der Waals surface area contributed by atoms with Crippen molar-refractivity contribution in [2.24, 2.45) is 0 Å². The van der Waals surface area contributed by atoms with Gasteiger partial charge >= 0.3 is 32.7 Å². The molecule has 3 unspecified atom stereocenters. The summed E-state index contributed by atoms with van der Waals surface area (Å²) in [6, 6.07) is 65.6. The smallest absolute Gasteiger partial charge is 0.409 e. The molecule has 2 fully saturated rings. The van der Waals surface area contributed by atoms with E-state index in [4.69, 9.17) is 61.2 Å². The van der Waals surface area contributed by atoms with Gasteiger partial charge in [0.15, 0.2) is 33.9 Å². The lowest BCUT2D eigenvalue weighted by molar-refractivity contribution is -0.153. The first kappa shape index (κ1) is 93.9. The molecule has 0 saturated carbocycles. The van der Waals surface area contributed by atoms with Crippen LogP contribution in [-0.4, -0.2) is 202 Å². The molecule has 2 aliphatic carbocycles. The fourth-order valence-corrected chi connectivity index (χ4v) is 18.4. The van der Waals surface area contributed by atoms with Gasteiger partial charge in [0, 0.05) is 83.1 Å². The molecule has 4 aromatic heterocycles. The summed E-state index contributed by atoms with van der Waals surface area (Å²) in [5.41, 5.74) is 10.2. The molecule has 16 rings (SSSR count). The van der Waals surface area contributed by atoms with E-state index >= 15 is 0 Å². The van der Waals surface area contributed by atoms with Crippen molar-refractivity contribution in [2.45, 2.75) is 132 Å². The zero-order chi connectivity index (χ0) is 94.1. The fraction of sp³-hybridized carbons (Fsp3) is 0.330. The summed E-state index contributed by atoms with van der Waals surface area (Å²) < 4.78 is 78.7. The van der Waals surface area contributed by atoms with Gasteiger partial charge in [-0.2, -0.15) is 10.2 Å². The number of carbonyl (C=O) groups is 8. The summed E-state index contributed by atoms with van der Waals surface area (Å²) >= 11 is 0. The number of methoxy groups -OCH3 is 2. The fourth-order valence-electron chi connectivity index (χ4n) is 17.2. The maximum absolute atomic E-state index is 14.2. The summed E-state index contributed by atoms with van der Waals surface area (Å²) in [5, 5.41) is 15.5. The monoisotopic (exact) mass is 1850 g/mol. The lowest BCUT2D eigenvalue weighted by Crippen LogP contribution is -2.38. The normalized spacial score (nSPS) is 16.7. The highest BCUT2D eigenvalue weighted by Crippen LogP contribution is 2.51. The van der Waals surface area contributed by atoms with E-state index in [1.807, 2.05) is 152 Å². The van der Waals surface area contributed by atoms with Crippen LogP contribution >= 0.6 is 8.60 Å². The number of anilines is 2. The number of amides is 4. The minimum Gasteiger partial charge on any atom is -0.497 e. The Balaban J connectivity index is 0.584. The molecular weight excluding hydrogens is 1750 g/mol. The molecule has 0 bridgehead atoms. The highest BCUT2D eigenvalue weighted by molar-refractivity contribution is 7.41. The number of aromatic amines is 1. The van der Waals surface area contributed by atoms with Crippen LogP contribution in [0.15, 0.2) is 224 Å². The summed E-state index contributed by atoms with van der Waals surface area (Å²) in [6.07, 6.45) is -2.89. The second-order valence-corrected chi connectivity index (χ2v) is 34.2. The lowest BCUT2D eigenvalue weighted by atomic mass is 9.80. The first-order valence-corrected chi connectivity index (χ1v) is 45.5. The maximum atomic E-state index is 14.2. The van der Waals surface area contributed by atoms with Crippen LogP contribution in [-0.2, 0) is 82.7 Å². The third-order valence-corrected chi connectivity index (χ3v) is 25.4. The number of rotatable bonds is 42. The number of fused-ring (bicyclic) bond motifs is 8. The van der Waals surface area contributed by atoms with Crippen molar-refractivity contribution >= 4 is 90.2 Å². The molecule has 7 atom stereocenters. The predicted octanol–water partition coefficient (Wildman–Crippen LogP) is 15.0. The third-order valence-electron chi connectivity index (χ3n) is 24.2. The van der Waals surface area contributed by atoms with Crippen molar-refractivity contribution in [3.05, 3.63) is 280 Å². The number of aryl methyl sites for hydroxylation is 1. The molecule has 135 heavy (non-hydrogen) atoms. The van der Waals surface area contributed by atoms with Gasteiger partial charge in [-0.15, -0.1) is 0 Å². The number of esters is 2. The molecule has 8 aromatic carbocycles. The van der Waals surface area contributed by atoms with Crippen LogP contribution in [0.4, 0.5) is 21.4 Å². The third kappa shape index (κ3) is 22.0. The molecule has 0 spiro atoms. The molecule has 35 heteroatoms. The summed E-state index contributed by atoms with van der Waals surface area (Å²) in [6.45, 7) is 0.854. The summed E-state index contributed by atoms with van der Waals surface area (Å²) in [4.78, 5) is 148. The van der Waals surface area contributed by atoms with Crippen molar-refractivity contribution in [1.82, 2.24) is 48.8 Å². The first-order chi connectivity index (χ1) is 65.7. The van der Waals surface area contributed by atoms with Gasteiger partial charge in [0.05, 0.1) is 71.7 Å². The standard InChI is InChI=1S/C100H100N13O21P/c1-62(114)32-47-89(118)133-81-52-86(113-61-105-91-94(113)108-97(109-96(91)120)106-85(116)30-17-49-110(2)98(121)126-55-79-75-26-13-9-22-71(75)72-23-10-14-27-76(72)79)132-84(81)58-130-135(129-51-19-48-101)134-82-53-87(131-83(82)57-128-100(65-20-7-6-8-21-65,66-38-43-69(123-4)44-39-66)67-40-45-70(124-5)46-41-67)112-60-104-90-92(102-59-103-93(90)112)107-95(119)64-36-33-63(34-37-64)35-42-68(115)54-125-88(117)31-18-50-111(3)99(122)127-56-80-77-28-15-11-24-73(77)74-25-12-16-29-78(74)80/h6-16,20-29,33-34,36-41,43-46,59-61,79-84,86-87H,17-19,30-32,35,42,47,49-58H2,1-5H3,(H,102,103,107,119)(H2,106,108,109,116,120)/t81?,82?,83-,84-,86-,87-,135?/m1/s1. The predicted molar refractivity (Wildman–Crippen MR) is 494 cm³/mol. The van der Waals surface area contributed by atoms with E-state index in [1.165, 1.54) is 40.3 Å². The second-order valence-electron chi connectivity index (χ2n) is 33.0. The molecule has 12 aromatic rings. The number of hydrogen-bond donors (Lipinski definition) is 3. The Kier molecular flexibility index (Phi) is 30.3. The van der Waals surface area contributed by atoms with Gasteiger partial charge in [0.2, 0.25) is 11.9 Å². The Morgan fingerprint density at radius 3 is 1.66 bits per heavy atom. The van der Waals surface area contributed by atoms with Crippen molar-refractivity contribution in [2.75, 3.05) is 91.7 Å². The number of Topliss-reactive ketones (excluding diaryl/α,β-unsaturated/α-hetero) is 2. The Morgan fingerprint density at radius 1 is 0.556 bits per heavy atom. The van der Waals surface area contributed by atoms with Crippen LogP contribution in [0.3, 0.4) is 0 Å². The molecule has 34 nitrogen and oxygen atoms in total.